The second-order valence-electron chi connectivity index (χ2n) is 20.0. The average molecular weight is 925 g/mol. The van der Waals surface area contributed by atoms with Crippen LogP contribution in [0.4, 0.5) is 0 Å². The highest BCUT2D eigenvalue weighted by molar-refractivity contribution is 6.11. The zero-order valence-corrected chi connectivity index (χ0v) is 41.2. The van der Waals surface area contributed by atoms with Gasteiger partial charge in [-0.05, 0) is 152 Å². The molecule has 0 N–H and O–H groups in total. The third kappa shape index (κ3) is 7.00. The van der Waals surface area contributed by atoms with Gasteiger partial charge in [-0.2, -0.15) is 9.97 Å². The molecule has 0 atom stereocenters. The number of benzene rings is 9. The number of fused-ring (bicyclic) bond motifs is 6. The van der Waals surface area contributed by atoms with Gasteiger partial charge in [0, 0.05) is 27.3 Å². The summed E-state index contributed by atoms with van der Waals surface area (Å²) in [5.74, 6) is 1.89. The fourth-order valence-corrected chi connectivity index (χ4v) is 12.0. The van der Waals surface area contributed by atoms with Gasteiger partial charge in [0.2, 0.25) is 5.95 Å². The van der Waals surface area contributed by atoms with Gasteiger partial charge < -0.3 is 0 Å². The minimum absolute atomic E-state index is 0.260. The minimum atomic E-state index is -0.260. The Hall–Kier alpha value is -8.73. The Morgan fingerprint density at radius 1 is 0.375 bits per heavy atom. The van der Waals surface area contributed by atoms with Crippen molar-refractivity contribution >= 4 is 33.0 Å². The van der Waals surface area contributed by atoms with Crippen LogP contribution in [0.1, 0.15) is 59.2 Å². The molecule has 2 heterocycles. The van der Waals surface area contributed by atoms with Gasteiger partial charge in [0.15, 0.2) is 11.6 Å². The van der Waals surface area contributed by atoms with E-state index in [0.29, 0.717) is 17.6 Å². The van der Waals surface area contributed by atoms with E-state index in [1.54, 1.807) is 0 Å². The van der Waals surface area contributed by atoms with Gasteiger partial charge in [0.1, 0.15) is 0 Å². The highest BCUT2D eigenvalue weighted by Gasteiger charge is 2.37. The van der Waals surface area contributed by atoms with E-state index in [4.69, 9.17) is 15.0 Å². The maximum atomic E-state index is 5.21. The Morgan fingerprint density at radius 3 is 1.43 bits per heavy atom. The molecule has 0 amide bonds. The molecule has 9 aromatic carbocycles. The first-order chi connectivity index (χ1) is 35.2. The lowest BCUT2D eigenvalue weighted by Crippen LogP contribution is -2.15. The number of allylic oxidation sites excluding steroid dienone is 4. The van der Waals surface area contributed by atoms with Crippen LogP contribution < -0.4 is 0 Å². The van der Waals surface area contributed by atoms with Gasteiger partial charge in [-0.15, -0.1) is 0 Å². The summed E-state index contributed by atoms with van der Waals surface area (Å²) in [5.41, 5.74) is 25.9. The fourth-order valence-electron chi connectivity index (χ4n) is 12.0. The van der Waals surface area contributed by atoms with Crippen LogP contribution in [0, 0.1) is 20.8 Å². The zero-order valence-electron chi connectivity index (χ0n) is 41.2. The van der Waals surface area contributed by atoms with Crippen LogP contribution in [-0.2, 0) is 5.41 Å². The molecule has 0 saturated carbocycles. The van der Waals surface area contributed by atoms with Crippen LogP contribution in [0.15, 0.2) is 212 Å². The Kier molecular flexibility index (Phi) is 10.2. The second-order valence-corrected chi connectivity index (χ2v) is 20.0. The third-order valence-corrected chi connectivity index (χ3v) is 15.5. The molecule has 2 aliphatic rings. The molecular formula is C68H52N4. The van der Waals surface area contributed by atoms with E-state index in [-0.39, 0.29) is 5.41 Å². The third-order valence-electron chi connectivity index (χ3n) is 15.5. The molecule has 0 bridgehead atoms. The summed E-state index contributed by atoms with van der Waals surface area (Å²) in [5, 5.41) is 2.35. The van der Waals surface area contributed by atoms with Gasteiger partial charge in [0.05, 0.1) is 11.0 Å². The predicted octanol–water partition coefficient (Wildman–Crippen LogP) is 17.4. The van der Waals surface area contributed by atoms with Gasteiger partial charge >= 0.3 is 0 Å². The lowest BCUT2D eigenvalue weighted by atomic mass is 9.80. The van der Waals surface area contributed by atoms with Crippen molar-refractivity contribution in [2.45, 2.75) is 46.5 Å². The summed E-state index contributed by atoms with van der Waals surface area (Å²) in [6.45, 7) is 11.7. The fraction of sp³-hybridized carbons (Fsp3) is 0.103. The monoisotopic (exact) mass is 924 g/mol. The second kappa shape index (κ2) is 17.0. The molecule has 11 aromatic rings. The van der Waals surface area contributed by atoms with Gasteiger partial charge in [0.25, 0.3) is 0 Å². The highest BCUT2D eigenvalue weighted by atomic mass is 15.2. The molecule has 0 aliphatic heterocycles. The molecule has 0 spiro atoms. The molecule has 2 aromatic heterocycles. The Balaban J connectivity index is 0.855. The van der Waals surface area contributed by atoms with Crippen molar-refractivity contribution in [3.8, 4) is 73.2 Å². The molecular weight excluding hydrogens is 873 g/mol. The number of para-hydroxylation sites is 1. The van der Waals surface area contributed by atoms with Crippen molar-refractivity contribution in [3.63, 3.8) is 0 Å². The van der Waals surface area contributed by atoms with Crippen molar-refractivity contribution in [3.05, 3.63) is 251 Å². The highest BCUT2D eigenvalue weighted by Crippen LogP contribution is 2.52. The van der Waals surface area contributed by atoms with Crippen LogP contribution in [0.3, 0.4) is 0 Å². The number of hydrogen-bond donors (Lipinski definition) is 0. The first kappa shape index (κ1) is 43.3. The quantitative estimate of drug-likeness (QED) is 0.152. The van der Waals surface area contributed by atoms with E-state index in [1.807, 2.05) is 36.4 Å². The van der Waals surface area contributed by atoms with Crippen molar-refractivity contribution in [1.29, 1.82) is 0 Å². The number of hydrogen-bond acceptors (Lipinski definition) is 3. The van der Waals surface area contributed by atoms with Gasteiger partial charge in [-0.3, -0.25) is 4.57 Å². The Labute approximate surface area is 421 Å². The van der Waals surface area contributed by atoms with Crippen LogP contribution in [-0.4, -0.2) is 19.5 Å². The van der Waals surface area contributed by atoms with E-state index in [0.717, 1.165) is 28.6 Å². The number of rotatable bonds is 8. The molecule has 0 saturated heterocycles. The first-order valence-corrected chi connectivity index (χ1v) is 25.1. The van der Waals surface area contributed by atoms with Crippen LogP contribution in [0.25, 0.3) is 106 Å². The van der Waals surface area contributed by atoms with Crippen LogP contribution >= 0.6 is 0 Å². The summed E-state index contributed by atoms with van der Waals surface area (Å²) in [7, 11) is 0. The molecule has 13 rings (SSSR count). The molecule has 4 nitrogen and oxygen atoms in total. The van der Waals surface area contributed by atoms with Crippen molar-refractivity contribution < 1.29 is 0 Å². The van der Waals surface area contributed by atoms with E-state index in [1.165, 1.54) is 105 Å². The summed E-state index contributed by atoms with van der Waals surface area (Å²) in [6, 6.07) is 72.1. The maximum absolute atomic E-state index is 5.21. The molecule has 2 aliphatic carbocycles. The molecule has 344 valence electrons. The molecule has 0 fully saturated rings. The smallest absolute Gasteiger partial charge is 0.238 e. The molecule has 0 unspecified atom stereocenters. The summed E-state index contributed by atoms with van der Waals surface area (Å²) in [4.78, 5) is 15.5. The van der Waals surface area contributed by atoms with E-state index in [9.17, 15) is 0 Å². The van der Waals surface area contributed by atoms with E-state index in [2.05, 4.69) is 215 Å². The minimum Gasteiger partial charge on any atom is -0.278 e. The van der Waals surface area contributed by atoms with Crippen molar-refractivity contribution in [2.75, 3.05) is 0 Å². The molecule has 0 radical (unpaired) electrons. The van der Waals surface area contributed by atoms with E-state index >= 15 is 0 Å². The van der Waals surface area contributed by atoms with Crippen LogP contribution in [0.2, 0.25) is 0 Å². The lowest BCUT2D eigenvalue weighted by Gasteiger charge is -2.24. The predicted molar refractivity (Wildman–Crippen MR) is 300 cm³/mol. The van der Waals surface area contributed by atoms with Gasteiger partial charge in [-0.1, -0.05) is 196 Å². The SMILES string of the molecule is Cc1c(-c2ccccc2)c(C)c(-c2cccc(C3=CC=C(c4ccc5c(c4)C(C)(C)c4cc6c(cc4-5)c4ccccc4n6-c4nc(-c5ccccc5)nc(-c5ccccc5)n4)C3)c2)c(C)c1-c1ccccc1. The summed E-state index contributed by atoms with van der Waals surface area (Å²) < 4.78 is 2.24. The molecule has 4 heteroatoms. The van der Waals surface area contributed by atoms with Gasteiger partial charge in [-0.25, -0.2) is 4.98 Å². The van der Waals surface area contributed by atoms with Crippen molar-refractivity contribution in [1.82, 2.24) is 19.5 Å². The zero-order chi connectivity index (χ0) is 48.7. The Morgan fingerprint density at radius 2 is 0.847 bits per heavy atom. The Bertz CT molecular complexity index is 3900. The topological polar surface area (TPSA) is 43.6 Å². The standard InChI is InChI=1S/C68H52N4/c1-42-62(45-21-10-6-11-22-45)43(2)64(44(3)63(42)46-23-12-7-13-24-46)53-30-20-29-49(38-53)50-33-34-51(37-50)52-35-36-54-56-40-57-55-31-18-19-32-60(55)72(61(57)41-59(56)68(4,5)58(54)39-52)67-70-65(47-25-14-8-15-26-47)69-66(71-67)48-27-16-9-17-28-48/h6-36,38-41H,37H2,1-5H3. The number of aromatic nitrogens is 4. The maximum Gasteiger partial charge on any atom is 0.238 e. The normalized spacial score (nSPS) is 13.6. The van der Waals surface area contributed by atoms with E-state index < -0.39 is 0 Å². The van der Waals surface area contributed by atoms with Crippen LogP contribution in [0.5, 0.6) is 0 Å². The lowest BCUT2D eigenvalue weighted by molar-refractivity contribution is 0.660. The largest absolute Gasteiger partial charge is 0.278 e. The molecule has 72 heavy (non-hydrogen) atoms. The number of nitrogens with zero attached hydrogens (tertiary/aromatic N) is 4. The average Bonchev–Trinajstić information content (AvgIpc) is 4.11. The summed E-state index contributed by atoms with van der Waals surface area (Å²) >= 11 is 0. The summed E-state index contributed by atoms with van der Waals surface area (Å²) in [6.07, 6.45) is 5.55. The van der Waals surface area contributed by atoms with Crippen molar-refractivity contribution in [2.24, 2.45) is 0 Å². The first-order valence-electron chi connectivity index (χ1n) is 25.1.